The van der Waals surface area contributed by atoms with E-state index in [9.17, 15) is 9.18 Å². The predicted molar refractivity (Wildman–Crippen MR) is 80.7 cm³/mol. The average molecular weight is 299 g/mol. The number of hydrogen-bond donors (Lipinski definition) is 0. The van der Waals surface area contributed by atoms with Gasteiger partial charge in [-0.2, -0.15) is 10.4 Å². The molecule has 0 saturated carbocycles. The Labute approximate surface area is 127 Å². The van der Waals surface area contributed by atoms with Crippen LogP contribution in [0.3, 0.4) is 0 Å². The molecule has 6 nitrogen and oxygen atoms in total. The molecule has 1 heterocycles. The number of urea groups is 1. The minimum atomic E-state index is -0.516. The number of carbonyl (C=O) groups excluding carboxylic acids is 1. The number of nitrogens with zero attached hydrogens (tertiary/aromatic N) is 5. The van der Waals surface area contributed by atoms with Gasteiger partial charge in [-0.3, -0.25) is 4.99 Å². The number of aliphatic imine (C=N–C) groups is 1. The minimum Gasteiger partial charge on any atom is -0.301 e. The minimum absolute atomic E-state index is 0.207. The number of halogens is 1. The zero-order chi connectivity index (χ0) is 16.1. The second kappa shape index (κ2) is 6.63. The molecule has 0 aliphatic carbocycles. The van der Waals surface area contributed by atoms with Crippen molar-refractivity contribution in [2.75, 3.05) is 7.05 Å². The van der Waals surface area contributed by atoms with Crippen molar-refractivity contribution in [1.29, 1.82) is 5.26 Å². The lowest BCUT2D eigenvalue weighted by molar-refractivity contribution is 0.164. The molecule has 0 radical (unpaired) electrons. The highest BCUT2D eigenvalue weighted by atomic mass is 19.1. The third-order valence-corrected chi connectivity index (χ3v) is 3.16. The van der Waals surface area contributed by atoms with Crippen molar-refractivity contribution < 1.29 is 9.18 Å². The summed E-state index contributed by atoms with van der Waals surface area (Å²) >= 11 is 0. The van der Waals surface area contributed by atoms with Crippen LogP contribution in [0.4, 0.5) is 9.18 Å². The van der Waals surface area contributed by atoms with E-state index in [0.717, 1.165) is 6.07 Å². The highest BCUT2D eigenvalue weighted by molar-refractivity contribution is 5.79. The van der Waals surface area contributed by atoms with Gasteiger partial charge in [0.05, 0.1) is 17.7 Å². The molecule has 0 N–H and O–H groups in total. The van der Waals surface area contributed by atoms with Crippen LogP contribution >= 0.6 is 0 Å². The van der Waals surface area contributed by atoms with Gasteiger partial charge >= 0.3 is 6.03 Å². The number of amides is 2. The van der Waals surface area contributed by atoms with Crippen molar-refractivity contribution in [3.63, 3.8) is 0 Å². The molecule has 0 aromatic heterocycles. The zero-order valence-corrected chi connectivity index (χ0v) is 12.0. The monoisotopic (exact) mass is 299 g/mol. The SMILES string of the molecule is C=N/C=C\N(C)C(=O)N1N=CC[C@H]1c1cc(F)cc(C#N)c1. The normalized spacial score (nSPS) is 16.8. The van der Waals surface area contributed by atoms with Crippen LogP contribution in [0.5, 0.6) is 0 Å². The van der Waals surface area contributed by atoms with Gasteiger partial charge in [0.25, 0.3) is 0 Å². The molecular formula is C15H14FN5O. The van der Waals surface area contributed by atoms with Crippen molar-refractivity contribution in [1.82, 2.24) is 9.91 Å². The first-order valence-corrected chi connectivity index (χ1v) is 6.48. The van der Waals surface area contributed by atoms with Crippen LogP contribution < -0.4 is 0 Å². The maximum absolute atomic E-state index is 13.6. The van der Waals surface area contributed by atoms with Gasteiger partial charge in [-0.05, 0) is 30.5 Å². The van der Waals surface area contributed by atoms with Crippen LogP contribution in [-0.4, -0.2) is 35.9 Å². The van der Waals surface area contributed by atoms with E-state index in [1.54, 1.807) is 19.3 Å². The molecule has 0 fully saturated rings. The van der Waals surface area contributed by atoms with E-state index in [4.69, 9.17) is 5.26 Å². The number of hydrogen-bond acceptors (Lipinski definition) is 4. The van der Waals surface area contributed by atoms with Gasteiger partial charge in [-0.1, -0.05) is 0 Å². The summed E-state index contributed by atoms with van der Waals surface area (Å²) in [6.07, 6.45) is 4.87. The van der Waals surface area contributed by atoms with Gasteiger partial charge < -0.3 is 4.90 Å². The molecule has 2 amide bonds. The number of hydrazone groups is 1. The Hall–Kier alpha value is -3.01. The fourth-order valence-electron chi connectivity index (χ4n) is 2.12. The largest absolute Gasteiger partial charge is 0.344 e. The molecule has 0 saturated heterocycles. The van der Waals surface area contributed by atoms with Gasteiger partial charge in [0.2, 0.25) is 0 Å². The number of rotatable bonds is 3. The second-order valence-corrected chi connectivity index (χ2v) is 4.65. The molecule has 22 heavy (non-hydrogen) atoms. The lowest BCUT2D eigenvalue weighted by Crippen LogP contribution is -2.35. The summed E-state index contributed by atoms with van der Waals surface area (Å²) in [4.78, 5) is 17.2. The Bertz CT molecular complexity index is 692. The van der Waals surface area contributed by atoms with E-state index in [-0.39, 0.29) is 11.6 Å². The van der Waals surface area contributed by atoms with Crippen LogP contribution in [0.1, 0.15) is 23.6 Å². The third kappa shape index (κ3) is 3.17. The van der Waals surface area contributed by atoms with Crippen LogP contribution in [0, 0.1) is 17.1 Å². The average Bonchev–Trinajstić information content (AvgIpc) is 3.00. The standard InChI is InChI=1S/C15H14FN5O/c1-18-5-6-20(2)15(22)21-14(3-4-19-21)12-7-11(10-17)8-13(16)9-12/h4-9,14H,1,3H2,2H3/b6-5-/t14-/m0/s1. The molecule has 7 heteroatoms. The summed E-state index contributed by atoms with van der Waals surface area (Å²) < 4.78 is 13.6. The first-order chi connectivity index (χ1) is 10.6. The van der Waals surface area contributed by atoms with Gasteiger partial charge in [0.1, 0.15) is 5.82 Å². The molecule has 2 rings (SSSR count). The molecule has 0 bridgehead atoms. The van der Waals surface area contributed by atoms with E-state index in [1.807, 2.05) is 6.07 Å². The topological polar surface area (TPSA) is 72.1 Å². The van der Waals surface area contributed by atoms with E-state index in [2.05, 4.69) is 16.8 Å². The van der Waals surface area contributed by atoms with Crippen LogP contribution in [0.25, 0.3) is 0 Å². The fraction of sp³-hybridized carbons (Fsp3) is 0.200. The molecule has 1 atom stereocenters. The molecule has 1 aromatic rings. The summed E-state index contributed by atoms with van der Waals surface area (Å²) in [5, 5.41) is 14.2. The van der Waals surface area contributed by atoms with Crippen molar-refractivity contribution in [3.8, 4) is 6.07 Å². The zero-order valence-electron chi connectivity index (χ0n) is 12.0. The van der Waals surface area contributed by atoms with Gasteiger partial charge in [0, 0.05) is 32.1 Å². The number of carbonyl (C=O) groups is 1. The van der Waals surface area contributed by atoms with Crippen LogP contribution in [0.15, 0.2) is 40.7 Å². The first kappa shape index (κ1) is 15.4. The Morgan fingerprint density at radius 2 is 2.41 bits per heavy atom. The number of benzene rings is 1. The summed E-state index contributed by atoms with van der Waals surface area (Å²) in [5.74, 6) is -0.516. The fourth-order valence-corrected chi connectivity index (χ4v) is 2.12. The van der Waals surface area contributed by atoms with E-state index >= 15 is 0 Å². The lowest BCUT2D eigenvalue weighted by Gasteiger charge is -2.25. The third-order valence-electron chi connectivity index (χ3n) is 3.16. The van der Waals surface area contributed by atoms with Crippen molar-refractivity contribution >= 4 is 19.0 Å². The Kier molecular flexibility index (Phi) is 4.63. The van der Waals surface area contributed by atoms with Crippen LogP contribution in [-0.2, 0) is 0 Å². The molecule has 1 aromatic carbocycles. The Morgan fingerprint density at radius 3 is 3.09 bits per heavy atom. The van der Waals surface area contributed by atoms with Crippen molar-refractivity contribution in [3.05, 3.63) is 47.5 Å². The molecule has 112 valence electrons. The molecule has 1 aliphatic heterocycles. The van der Waals surface area contributed by atoms with Crippen LogP contribution in [0.2, 0.25) is 0 Å². The summed E-state index contributed by atoms with van der Waals surface area (Å²) in [5.41, 5.74) is 0.736. The van der Waals surface area contributed by atoms with Gasteiger partial charge in [-0.15, -0.1) is 0 Å². The smallest absolute Gasteiger partial charge is 0.301 e. The quantitative estimate of drug-likeness (QED) is 0.805. The van der Waals surface area contributed by atoms with Gasteiger partial charge in [0.15, 0.2) is 0 Å². The number of nitriles is 1. The van der Waals surface area contributed by atoms with E-state index < -0.39 is 11.9 Å². The van der Waals surface area contributed by atoms with Gasteiger partial charge in [-0.25, -0.2) is 14.2 Å². The summed E-state index contributed by atoms with van der Waals surface area (Å²) in [6, 6.07) is 5.09. The Balaban J connectivity index is 2.27. The second-order valence-electron chi connectivity index (χ2n) is 4.65. The first-order valence-electron chi connectivity index (χ1n) is 6.48. The van der Waals surface area contributed by atoms with E-state index in [1.165, 1.54) is 28.4 Å². The highest BCUT2D eigenvalue weighted by Gasteiger charge is 2.30. The maximum Gasteiger partial charge on any atom is 0.344 e. The van der Waals surface area contributed by atoms with E-state index in [0.29, 0.717) is 12.0 Å². The molecular weight excluding hydrogens is 285 g/mol. The highest BCUT2D eigenvalue weighted by Crippen LogP contribution is 2.30. The maximum atomic E-state index is 13.6. The molecule has 0 spiro atoms. The predicted octanol–water partition coefficient (Wildman–Crippen LogP) is 2.65. The lowest BCUT2D eigenvalue weighted by atomic mass is 10.0. The summed E-state index contributed by atoms with van der Waals surface area (Å²) in [6.45, 7) is 3.29. The molecule has 1 aliphatic rings. The van der Waals surface area contributed by atoms with Crippen molar-refractivity contribution in [2.24, 2.45) is 10.1 Å². The molecule has 0 unspecified atom stereocenters. The Morgan fingerprint density at radius 1 is 1.64 bits per heavy atom. The van der Waals surface area contributed by atoms with Crippen molar-refractivity contribution in [2.45, 2.75) is 12.5 Å². The summed E-state index contributed by atoms with van der Waals surface area (Å²) in [7, 11) is 1.56.